The van der Waals surface area contributed by atoms with Gasteiger partial charge in [-0.25, -0.2) is 13.4 Å². The molecule has 32 heavy (non-hydrogen) atoms. The van der Waals surface area contributed by atoms with Crippen molar-refractivity contribution in [2.24, 2.45) is 11.8 Å². The number of hydrazine groups is 1. The third kappa shape index (κ3) is 5.74. The summed E-state index contributed by atoms with van der Waals surface area (Å²) in [6.07, 6.45) is 4.74. The van der Waals surface area contributed by atoms with Crippen LogP contribution in [0.25, 0.3) is 0 Å². The van der Waals surface area contributed by atoms with Crippen molar-refractivity contribution in [2.75, 3.05) is 19.7 Å². The van der Waals surface area contributed by atoms with E-state index in [-0.39, 0.29) is 16.6 Å². The minimum atomic E-state index is -3.70. The summed E-state index contributed by atoms with van der Waals surface area (Å²) in [6.45, 7) is 1.88. The van der Waals surface area contributed by atoms with E-state index in [1.807, 2.05) is 30.3 Å². The number of Topliss-reactive ketones (excluding diaryl/α,β-unsaturated/α-hetero) is 1. The van der Waals surface area contributed by atoms with Gasteiger partial charge in [-0.2, -0.15) is 5.26 Å². The molecule has 8 heteroatoms. The summed E-state index contributed by atoms with van der Waals surface area (Å²) in [4.78, 5) is 14.8. The average Bonchev–Trinajstić information content (AvgIpc) is 3.57. The van der Waals surface area contributed by atoms with Gasteiger partial charge in [-0.3, -0.25) is 4.79 Å². The summed E-state index contributed by atoms with van der Waals surface area (Å²) in [5.41, 5.74) is 1.07. The molecule has 0 unspecified atom stereocenters. The van der Waals surface area contributed by atoms with Crippen LogP contribution in [0.15, 0.2) is 53.4 Å². The SMILES string of the molecule is N#Cc1cccc(S(=O)(=O)NN2CC[C@@H](CCCOc3ccc(C(=O)C4CC4)cc3)C2)c1. The van der Waals surface area contributed by atoms with Crippen molar-refractivity contribution in [1.82, 2.24) is 9.84 Å². The number of ketones is 1. The maximum atomic E-state index is 12.6. The monoisotopic (exact) mass is 453 g/mol. The van der Waals surface area contributed by atoms with Crippen LogP contribution in [0.3, 0.4) is 0 Å². The van der Waals surface area contributed by atoms with Crippen LogP contribution in [0.5, 0.6) is 5.75 Å². The zero-order chi connectivity index (χ0) is 22.6. The Morgan fingerprint density at radius 3 is 2.66 bits per heavy atom. The molecule has 2 aromatic rings. The lowest BCUT2D eigenvalue weighted by atomic mass is 10.0. The van der Waals surface area contributed by atoms with Gasteiger partial charge in [0.05, 0.1) is 23.1 Å². The fourth-order valence-corrected chi connectivity index (χ4v) is 5.12. The van der Waals surface area contributed by atoms with Crippen LogP contribution >= 0.6 is 0 Å². The number of nitrogens with zero attached hydrogens (tertiary/aromatic N) is 2. The third-order valence-electron chi connectivity index (χ3n) is 5.92. The maximum absolute atomic E-state index is 12.6. The first-order valence-electron chi connectivity index (χ1n) is 11.0. The smallest absolute Gasteiger partial charge is 0.253 e. The molecule has 1 heterocycles. The van der Waals surface area contributed by atoms with Gasteiger partial charge in [-0.05, 0) is 80.5 Å². The second-order valence-corrected chi connectivity index (χ2v) is 10.1. The number of hydrogen-bond acceptors (Lipinski definition) is 6. The number of ether oxygens (including phenoxy) is 1. The van der Waals surface area contributed by atoms with Gasteiger partial charge in [0, 0.05) is 24.6 Å². The highest BCUT2D eigenvalue weighted by Gasteiger charge is 2.30. The summed E-state index contributed by atoms with van der Waals surface area (Å²) >= 11 is 0. The van der Waals surface area contributed by atoms with Gasteiger partial charge in [0.1, 0.15) is 5.75 Å². The molecular weight excluding hydrogens is 426 g/mol. The number of benzene rings is 2. The zero-order valence-electron chi connectivity index (χ0n) is 17.9. The predicted molar refractivity (Wildman–Crippen MR) is 119 cm³/mol. The first kappa shape index (κ1) is 22.5. The van der Waals surface area contributed by atoms with Crippen molar-refractivity contribution < 1.29 is 17.9 Å². The topological polar surface area (TPSA) is 99.5 Å². The van der Waals surface area contributed by atoms with Gasteiger partial charge in [0.25, 0.3) is 10.0 Å². The molecule has 0 bridgehead atoms. The van der Waals surface area contributed by atoms with E-state index in [2.05, 4.69) is 4.83 Å². The average molecular weight is 454 g/mol. The minimum absolute atomic E-state index is 0.0956. The molecule has 0 radical (unpaired) electrons. The van der Waals surface area contributed by atoms with Gasteiger partial charge < -0.3 is 4.74 Å². The molecule has 0 amide bonds. The number of rotatable bonds is 10. The second-order valence-electron chi connectivity index (χ2n) is 8.49. The zero-order valence-corrected chi connectivity index (χ0v) is 18.7. The van der Waals surface area contributed by atoms with E-state index >= 15 is 0 Å². The predicted octanol–water partition coefficient (Wildman–Crippen LogP) is 3.53. The highest BCUT2D eigenvalue weighted by Crippen LogP contribution is 2.33. The van der Waals surface area contributed by atoms with E-state index in [1.165, 1.54) is 12.1 Å². The molecule has 2 fully saturated rings. The molecule has 1 atom stereocenters. The highest BCUT2D eigenvalue weighted by molar-refractivity contribution is 7.89. The van der Waals surface area contributed by atoms with Crippen LogP contribution in [-0.4, -0.2) is 38.9 Å². The fraction of sp³-hybridized carbons (Fsp3) is 0.417. The highest BCUT2D eigenvalue weighted by atomic mass is 32.2. The Morgan fingerprint density at radius 2 is 1.94 bits per heavy atom. The van der Waals surface area contributed by atoms with Crippen molar-refractivity contribution in [3.63, 3.8) is 0 Å². The van der Waals surface area contributed by atoms with Gasteiger partial charge >= 0.3 is 0 Å². The summed E-state index contributed by atoms with van der Waals surface area (Å²) in [6, 6.07) is 15.3. The van der Waals surface area contributed by atoms with Crippen molar-refractivity contribution in [3.8, 4) is 11.8 Å². The van der Waals surface area contributed by atoms with Crippen LogP contribution in [0.4, 0.5) is 0 Å². The normalized spacial score (nSPS) is 18.9. The molecule has 4 rings (SSSR count). The molecule has 0 aromatic heterocycles. The van der Waals surface area contributed by atoms with E-state index in [9.17, 15) is 13.2 Å². The summed E-state index contributed by atoms with van der Waals surface area (Å²) in [5, 5.41) is 10.7. The summed E-state index contributed by atoms with van der Waals surface area (Å²) in [7, 11) is -3.70. The minimum Gasteiger partial charge on any atom is -0.494 e. The van der Waals surface area contributed by atoms with Crippen LogP contribution < -0.4 is 9.57 Å². The van der Waals surface area contributed by atoms with E-state index in [0.717, 1.165) is 43.4 Å². The van der Waals surface area contributed by atoms with E-state index in [4.69, 9.17) is 10.00 Å². The molecule has 1 N–H and O–H groups in total. The third-order valence-corrected chi connectivity index (χ3v) is 7.29. The van der Waals surface area contributed by atoms with Crippen molar-refractivity contribution in [2.45, 2.75) is 37.0 Å². The van der Waals surface area contributed by atoms with Crippen LogP contribution in [-0.2, 0) is 10.0 Å². The lowest BCUT2D eigenvalue weighted by Crippen LogP contribution is -2.40. The number of sulfonamides is 1. The maximum Gasteiger partial charge on any atom is 0.253 e. The standard InChI is InChI=1S/C24H27N3O4S/c25-16-19-3-1-5-23(15-19)32(29,30)26-27-13-12-18(17-27)4-2-14-31-22-10-8-21(9-11-22)24(28)20-6-7-20/h1,3,5,8-11,15,18,20,26H,2,4,6-7,12-14,17H2/t18-/m1/s1. The second kappa shape index (κ2) is 9.82. The largest absolute Gasteiger partial charge is 0.494 e. The van der Waals surface area contributed by atoms with E-state index in [0.29, 0.717) is 31.2 Å². The van der Waals surface area contributed by atoms with E-state index < -0.39 is 10.0 Å². The molecule has 0 spiro atoms. The molecule has 1 aliphatic carbocycles. The lowest BCUT2D eigenvalue weighted by Gasteiger charge is -2.18. The molecule has 7 nitrogen and oxygen atoms in total. The Balaban J connectivity index is 1.18. The van der Waals surface area contributed by atoms with Gasteiger partial charge in [0.15, 0.2) is 5.78 Å². The Labute approximate surface area is 189 Å². The first-order chi connectivity index (χ1) is 15.4. The Kier molecular flexibility index (Phi) is 6.89. The van der Waals surface area contributed by atoms with Gasteiger partial charge in [-0.1, -0.05) is 6.07 Å². The fourth-order valence-electron chi connectivity index (χ4n) is 3.97. The van der Waals surface area contributed by atoms with Crippen LogP contribution in [0.1, 0.15) is 48.0 Å². The molecule has 1 saturated carbocycles. The Morgan fingerprint density at radius 1 is 1.16 bits per heavy atom. The van der Waals surface area contributed by atoms with Gasteiger partial charge in [-0.15, -0.1) is 4.83 Å². The van der Waals surface area contributed by atoms with Crippen molar-refractivity contribution in [3.05, 3.63) is 59.7 Å². The molecule has 2 aliphatic rings. The van der Waals surface area contributed by atoms with E-state index in [1.54, 1.807) is 17.1 Å². The Hall–Kier alpha value is -2.73. The molecule has 2 aromatic carbocycles. The van der Waals surface area contributed by atoms with Crippen LogP contribution in [0.2, 0.25) is 0 Å². The van der Waals surface area contributed by atoms with Crippen LogP contribution in [0, 0.1) is 23.2 Å². The quantitative estimate of drug-likeness (QED) is 0.436. The number of nitrogens with one attached hydrogen (secondary N) is 1. The first-order valence-corrected chi connectivity index (χ1v) is 12.5. The summed E-state index contributed by atoms with van der Waals surface area (Å²) < 4.78 is 31.0. The Bertz CT molecular complexity index is 1100. The molecule has 1 aliphatic heterocycles. The number of hydrogen-bond donors (Lipinski definition) is 1. The van der Waals surface area contributed by atoms with Crippen molar-refractivity contribution in [1.29, 1.82) is 5.26 Å². The number of nitriles is 1. The van der Waals surface area contributed by atoms with Gasteiger partial charge in [0.2, 0.25) is 0 Å². The summed E-state index contributed by atoms with van der Waals surface area (Å²) in [5.74, 6) is 1.61. The molecular formula is C24H27N3O4S. The van der Waals surface area contributed by atoms with Crippen molar-refractivity contribution >= 4 is 15.8 Å². The number of carbonyl (C=O) groups is 1. The molecule has 168 valence electrons. The number of carbonyl (C=O) groups excluding carboxylic acids is 1. The lowest BCUT2D eigenvalue weighted by molar-refractivity contribution is 0.0967. The molecule has 1 saturated heterocycles.